The van der Waals surface area contributed by atoms with Crippen LogP contribution in [0.15, 0.2) is 36.4 Å². The van der Waals surface area contributed by atoms with Gasteiger partial charge >= 0.3 is 30.2 Å². The maximum absolute atomic E-state index is 2.26. The van der Waals surface area contributed by atoms with Gasteiger partial charge in [0.2, 0.25) is 0 Å². The third-order valence-electron chi connectivity index (χ3n) is 4.30. The zero-order valence-corrected chi connectivity index (χ0v) is 20.6. The topological polar surface area (TPSA) is 0 Å². The van der Waals surface area contributed by atoms with E-state index in [9.17, 15) is 0 Å². The van der Waals surface area contributed by atoms with Crippen LogP contribution >= 0.6 is 24.8 Å². The molecule has 0 radical (unpaired) electrons. The molecule has 138 valence electrons. The zero-order chi connectivity index (χ0) is 14.2. The van der Waals surface area contributed by atoms with Gasteiger partial charge in [-0.25, -0.2) is 12.1 Å². The Morgan fingerprint density at radius 1 is 0.667 bits per heavy atom. The maximum Gasteiger partial charge on any atom is -0.0512 e. The second-order valence-corrected chi connectivity index (χ2v) is 5.57. The van der Waals surface area contributed by atoms with Gasteiger partial charge in [0.25, 0.3) is 0 Å². The number of halogens is 2. The van der Waals surface area contributed by atoms with Gasteiger partial charge in [0.05, 0.1) is 0 Å². The van der Waals surface area contributed by atoms with E-state index >= 15 is 0 Å². The van der Waals surface area contributed by atoms with Crippen LogP contribution in [-0.2, 0) is 49.0 Å². The van der Waals surface area contributed by atoms with Crippen molar-refractivity contribution in [1.29, 1.82) is 0 Å². The van der Waals surface area contributed by atoms with Crippen molar-refractivity contribution in [2.75, 3.05) is 0 Å². The van der Waals surface area contributed by atoms with E-state index in [1.807, 2.05) is 6.88 Å². The fourth-order valence-electron chi connectivity index (χ4n) is 3.23. The van der Waals surface area contributed by atoms with Gasteiger partial charge < -0.3 is 14.9 Å². The standard InChI is InChI=1S/2C9H11.2CH3.2ClH.H2Si.Zr/c2*1-2-5-9-7-3-6-8(9)4-1;;;;;;/h2*3,6-7H,1-2,4-5H2;2*1H3;2*1H;1H2;/q4*-1;;;;. The number of fused-ring (bicyclic) bond motifs is 2. The SMILES string of the molecule is Cl.Cl.[CH3-].[CH3-].[SiH2]=[Zr].c1cc2c([cH-]1)CCCC2.c1cc2c([cH-]1)CCCC2. The predicted molar refractivity (Wildman–Crippen MR) is 113 cm³/mol. The Kier molecular flexibility index (Phi) is 20.4. The van der Waals surface area contributed by atoms with Crippen molar-refractivity contribution in [1.82, 2.24) is 0 Å². The van der Waals surface area contributed by atoms with Crippen molar-refractivity contribution in [3.05, 3.63) is 73.5 Å². The second kappa shape index (κ2) is 16.8. The maximum atomic E-state index is 2.26. The van der Waals surface area contributed by atoms with Gasteiger partial charge in [0, 0.05) is 0 Å². The smallest absolute Gasteiger partial charge is 0.0512 e. The molecule has 0 atom stereocenters. The summed E-state index contributed by atoms with van der Waals surface area (Å²) in [6, 6.07) is 13.4. The Labute approximate surface area is 178 Å². The average Bonchev–Trinajstić information content (AvgIpc) is 3.18. The molecule has 2 aliphatic carbocycles. The molecule has 0 heterocycles. The molecule has 0 N–H and O–H groups in total. The summed E-state index contributed by atoms with van der Waals surface area (Å²) in [4.78, 5) is 0. The number of hydrogen-bond acceptors (Lipinski definition) is 0. The molecule has 4 rings (SSSR count). The molecule has 0 aliphatic heterocycles. The summed E-state index contributed by atoms with van der Waals surface area (Å²) in [6.45, 7) is 1.95. The molecule has 0 spiro atoms. The summed E-state index contributed by atoms with van der Waals surface area (Å²) in [7, 11) is 0. The normalized spacial score (nSPS) is 13.1. The largest absolute Gasteiger partial charge is 0.210 e. The molecule has 0 aromatic heterocycles. The third-order valence-corrected chi connectivity index (χ3v) is 4.30. The molecule has 4 heteroatoms. The molecule has 2 aromatic carbocycles. The van der Waals surface area contributed by atoms with Crippen molar-refractivity contribution in [2.45, 2.75) is 51.4 Å². The molecule has 0 saturated carbocycles. The van der Waals surface area contributed by atoms with Gasteiger partial charge in [-0.15, -0.1) is 24.8 Å². The molecule has 24 heavy (non-hydrogen) atoms. The van der Waals surface area contributed by atoms with Crippen LogP contribution < -0.4 is 0 Å². The molecule has 0 nitrogen and oxygen atoms in total. The molecular weight excluding hydrogens is 430 g/mol. The van der Waals surface area contributed by atoms with Crippen molar-refractivity contribution in [2.24, 2.45) is 0 Å². The molecule has 0 bridgehead atoms. The Morgan fingerprint density at radius 2 is 1.00 bits per heavy atom. The van der Waals surface area contributed by atoms with Gasteiger partial charge in [-0.1, -0.05) is 51.4 Å². The second-order valence-electron chi connectivity index (χ2n) is 5.57. The first-order valence-electron chi connectivity index (χ1n) is 7.76. The van der Waals surface area contributed by atoms with Crippen LogP contribution in [0, 0.1) is 14.9 Å². The van der Waals surface area contributed by atoms with Crippen LogP contribution in [0.3, 0.4) is 0 Å². The molecular formula is C20H32Cl2SiZr-4. The monoisotopic (exact) mass is 460 g/mol. The van der Waals surface area contributed by atoms with Crippen molar-refractivity contribution in [3.8, 4) is 0 Å². The minimum atomic E-state index is 0. The number of aryl methyl sites for hydroxylation is 4. The first-order chi connectivity index (χ1) is 9.93. The van der Waals surface area contributed by atoms with Crippen molar-refractivity contribution in [3.63, 3.8) is 0 Å². The van der Waals surface area contributed by atoms with Crippen LogP contribution in [0.5, 0.6) is 0 Å². The molecule has 0 saturated heterocycles. The molecule has 0 unspecified atom stereocenters. The van der Waals surface area contributed by atoms with E-state index in [1.165, 1.54) is 51.4 Å². The van der Waals surface area contributed by atoms with E-state index in [-0.39, 0.29) is 39.7 Å². The summed E-state index contributed by atoms with van der Waals surface area (Å²) >= 11 is 1.58. The first-order valence-corrected chi connectivity index (χ1v) is 13.7. The van der Waals surface area contributed by atoms with Gasteiger partial charge in [-0.05, 0) is 0 Å². The third kappa shape index (κ3) is 8.65. The van der Waals surface area contributed by atoms with Crippen molar-refractivity contribution < 1.29 is 23.3 Å². The van der Waals surface area contributed by atoms with Gasteiger partial charge in [-0.3, -0.25) is 0 Å². The summed E-state index contributed by atoms with van der Waals surface area (Å²) in [5.41, 5.74) is 6.39. The molecule has 2 aliphatic rings. The average molecular weight is 463 g/mol. The summed E-state index contributed by atoms with van der Waals surface area (Å²) < 4.78 is 0. The van der Waals surface area contributed by atoms with Crippen LogP contribution in [-0.4, -0.2) is 6.88 Å². The Bertz CT molecular complexity index is 432. The minimum Gasteiger partial charge on any atom is -0.210 e. The summed E-state index contributed by atoms with van der Waals surface area (Å²) in [5.74, 6) is 0. The summed E-state index contributed by atoms with van der Waals surface area (Å²) in [5, 5.41) is 0. The van der Waals surface area contributed by atoms with Crippen LogP contribution in [0.25, 0.3) is 0 Å². The Morgan fingerprint density at radius 3 is 1.33 bits per heavy atom. The quantitative estimate of drug-likeness (QED) is 0.364. The first kappa shape index (κ1) is 29.2. The molecule has 0 amide bonds. The van der Waals surface area contributed by atoms with Crippen LogP contribution in [0.4, 0.5) is 0 Å². The van der Waals surface area contributed by atoms with Gasteiger partial charge in [-0.2, -0.15) is 46.5 Å². The summed E-state index contributed by atoms with van der Waals surface area (Å²) in [6.07, 6.45) is 10.9. The molecule has 2 aromatic rings. The minimum absolute atomic E-state index is 0. The van der Waals surface area contributed by atoms with Crippen LogP contribution in [0.2, 0.25) is 0 Å². The van der Waals surface area contributed by atoms with E-state index in [0.29, 0.717) is 0 Å². The van der Waals surface area contributed by atoms with E-state index in [1.54, 1.807) is 45.6 Å². The zero-order valence-electron chi connectivity index (χ0n) is 15.1. The van der Waals surface area contributed by atoms with Gasteiger partial charge in [0.1, 0.15) is 0 Å². The fourth-order valence-corrected chi connectivity index (χ4v) is 3.23. The number of rotatable bonds is 0. The van der Waals surface area contributed by atoms with Gasteiger partial charge in [0.15, 0.2) is 0 Å². The Hall–Kier alpha value is 0.380. The van der Waals surface area contributed by atoms with E-state index < -0.39 is 0 Å². The van der Waals surface area contributed by atoms with Crippen molar-refractivity contribution >= 4 is 31.7 Å². The Balaban J connectivity index is -0.000000290. The van der Waals surface area contributed by atoms with Crippen LogP contribution in [0.1, 0.15) is 47.9 Å². The van der Waals surface area contributed by atoms with E-state index in [0.717, 1.165) is 0 Å². The fraction of sp³-hybridized carbons (Fsp3) is 0.400. The molecule has 0 fully saturated rings. The predicted octanol–water partition coefficient (Wildman–Crippen LogP) is 5.39. The number of hydrogen-bond donors (Lipinski definition) is 0. The van der Waals surface area contributed by atoms with E-state index in [2.05, 4.69) is 36.4 Å². The van der Waals surface area contributed by atoms with E-state index in [4.69, 9.17) is 0 Å².